The topological polar surface area (TPSA) is 73.6 Å². The van der Waals surface area contributed by atoms with Gasteiger partial charge in [0.1, 0.15) is 0 Å². The van der Waals surface area contributed by atoms with Crippen LogP contribution in [0.3, 0.4) is 0 Å². The number of carbonyl (C=O) groups is 1. The molecule has 1 rings (SSSR count). The van der Waals surface area contributed by atoms with Crippen LogP contribution in [0.15, 0.2) is 0 Å². The second-order valence-corrected chi connectivity index (χ2v) is 5.80. The Hall–Kier alpha value is -0.650. The lowest BCUT2D eigenvalue weighted by Gasteiger charge is -2.26. The Kier molecular flexibility index (Phi) is 6.23. The number of hydrogen-bond acceptors (Lipinski definition) is 4. The van der Waals surface area contributed by atoms with Gasteiger partial charge in [0.25, 0.3) is 0 Å². The highest BCUT2D eigenvalue weighted by atomic mass is 16.7. The number of hydrogen-bond donors (Lipinski definition) is 2. The molecule has 0 aromatic rings. The molecular formula is C14H28N2O3. The molecule has 0 aromatic heterocycles. The molecule has 0 spiro atoms. The van der Waals surface area contributed by atoms with Crippen LogP contribution in [0.2, 0.25) is 0 Å². The van der Waals surface area contributed by atoms with E-state index in [9.17, 15) is 4.79 Å². The molecule has 3 N–H and O–H groups in total. The maximum Gasteiger partial charge on any atom is 0.237 e. The number of amides is 1. The van der Waals surface area contributed by atoms with Gasteiger partial charge in [0.2, 0.25) is 5.91 Å². The van der Waals surface area contributed by atoms with Crippen LogP contribution in [0, 0.1) is 11.8 Å². The van der Waals surface area contributed by atoms with Crippen molar-refractivity contribution in [2.24, 2.45) is 17.6 Å². The summed E-state index contributed by atoms with van der Waals surface area (Å²) < 4.78 is 11.1. The Morgan fingerprint density at radius 2 is 1.95 bits per heavy atom. The van der Waals surface area contributed by atoms with Crippen LogP contribution in [-0.2, 0) is 14.3 Å². The van der Waals surface area contributed by atoms with Gasteiger partial charge < -0.3 is 20.5 Å². The minimum Gasteiger partial charge on any atom is -0.354 e. The van der Waals surface area contributed by atoms with Crippen LogP contribution in [0.25, 0.3) is 0 Å². The zero-order valence-corrected chi connectivity index (χ0v) is 12.6. The van der Waals surface area contributed by atoms with Gasteiger partial charge in [-0.25, -0.2) is 0 Å². The van der Waals surface area contributed by atoms with Crippen LogP contribution < -0.4 is 11.1 Å². The van der Waals surface area contributed by atoms with Crippen LogP contribution in [-0.4, -0.2) is 37.5 Å². The molecule has 1 amide bonds. The zero-order valence-electron chi connectivity index (χ0n) is 12.6. The van der Waals surface area contributed by atoms with Gasteiger partial charge in [0, 0.05) is 13.0 Å². The predicted octanol–water partition coefficient (Wildman–Crippen LogP) is 1.27. The van der Waals surface area contributed by atoms with Crippen LogP contribution in [0.5, 0.6) is 0 Å². The van der Waals surface area contributed by atoms with E-state index < -0.39 is 11.8 Å². The fourth-order valence-corrected chi connectivity index (χ4v) is 2.28. The first kappa shape index (κ1) is 16.4. The van der Waals surface area contributed by atoms with Crippen molar-refractivity contribution >= 4 is 5.91 Å². The van der Waals surface area contributed by atoms with E-state index in [4.69, 9.17) is 15.2 Å². The van der Waals surface area contributed by atoms with Crippen molar-refractivity contribution in [2.45, 2.75) is 52.4 Å². The van der Waals surface area contributed by atoms with E-state index in [-0.39, 0.29) is 17.7 Å². The van der Waals surface area contributed by atoms with Crippen molar-refractivity contribution in [3.63, 3.8) is 0 Å². The number of carbonyl (C=O) groups excluding carboxylic acids is 1. The van der Waals surface area contributed by atoms with Gasteiger partial charge >= 0.3 is 0 Å². The van der Waals surface area contributed by atoms with E-state index in [1.807, 2.05) is 20.8 Å². The van der Waals surface area contributed by atoms with Gasteiger partial charge in [-0.15, -0.1) is 0 Å². The van der Waals surface area contributed by atoms with Crippen molar-refractivity contribution in [2.75, 3.05) is 19.8 Å². The summed E-state index contributed by atoms with van der Waals surface area (Å²) >= 11 is 0. The molecule has 1 saturated heterocycles. The van der Waals surface area contributed by atoms with Crippen molar-refractivity contribution in [1.82, 2.24) is 5.32 Å². The lowest BCUT2D eigenvalue weighted by atomic mass is 9.98. The molecule has 112 valence electrons. The lowest BCUT2D eigenvalue weighted by Crippen LogP contribution is -2.46. The van der Waals surface area contributed by atoms with Gasteiger partial charge in [0.05, 0.1) is 19.3 Å². The fourth-order valence-electron chi connectivity index (χ4n) is 2.28. The first-order chi connectivity index (χ1) is 8.88. The zero-order chi connectivity index (χ0) is 14.5. The smallest absolute Gasteiger partial charge is 0.237 e. The number of ether oxygens (including phenoxy) is 2. The average molecular weight is 272 g/mol. The van der Waals surface area contributed by atoms with Gasteiger partial charge in [-0.3, -0.25) is 4.79 Å². The summed E-state index contributed by atoms with van der Waals surface area (Å²) in [5.41, 5.74) is 5.89. The van der Waals surface area contributed by atoms with E-state index in [0.717, 1.165) is 12.8 Å². The number of nitrogens with one attached hydrogen (secondary N) is 1. The average Bonchev–Trinajstić information content (AvgIpc) is 2.80. The summed E-state index contributed by atoms with van der Waals surface area (Å²) in [4.78, 5) is 11.9. The standard InChI is InChI=1S/C14H28N2O3/c1-5-11(3)12(15)13(17)16-9-10(2)8-14(4)18-6-7-19-14/h10-12H,5-9,15H2,1-4H3,(H,16,17). The number of rotatable bonds is 7. The Balaban J connectivity index is 2.29. The van der Waals surface area contributed by atoms with E-state index >= 15 is 0 Å². The van der Waals surface area contributed by atoms with Gasteiger partial charge in [0.15, 0.2) is 5.79 Å². The lowest BCUT2D eigenvalue weighted by molar-refractivity contribution is -0.154. The van der Waals surface area contributed by atoms with Crippen molar-refractivity contribution in [3.8, 4) is 0 Å². The minimum absolute atomic E-state index is 0.0698. The molecule has 5 nitrogen and oxygen atoms in total. The highest BCUT2D eigenvalue weighted by Crippen LogP contribution is 2.26. The van der Waals surface area contributed by atoms with E-state index in [0.29, 0.717) is 19.8 Å². The van der Waals surface area contributed by atoms with Crippen LogP contribution in [0.1, 0.15) is 40.5 Å². The molecule has 0 aliphatic carbocycles. The summed E-state index contributed by atoms with van der Waals surface area (Å²) in [6.07, 6.45) is 1.68. The third-order valence-corrected chi connectivity index (χ3v) is 3.80. The highest BCUT2D eigenvalue weighted by Gasteiger charge is 2.32. The second-order valence-electron chi connectivity index (χ2n) is 5.80. The SMILES string of the molecule is CCC(C)C(N)C(=O)NCC(C)CC1(C)OCCO1. The Morgan fingerprint density at radius 1 is 1.37 bits per heavy atom. The molecular weight excluding hydrogens is 244 g/mol. The summed E-state index contributed by atoms with van der Waals surface area (Å²) in [7, 11) is 0. The minimum atomic E-state index is -0.497. The molecule has 3 unspecified atom stereocenters. The molecule has 3 atom stereocenters. The van der Waals surface area contributed by atoms with Crippen molar-refractivity contribution < 1.29 is 14.3 Å². The van der Waals surface area contributed by atoms with Crippen LogP contribution >= 0.6 is 0 Å². The quantitative estimate of drug-likeness (QED) is 0.732. The Bertz CT molecular complexity index is 290. The summed E-state index contributed by atoms with van der Waals surface area (Å²) in [6, 6.07) is -0.424. The maximum atomic E-state index is 11.9. The molecule has 1 aliphatic heterocycles. The highest BCUT2D eigenvalue weighted by molar-refractivity contribution is 5.81. The van der Waals surface area contributed by atoms with E-state index in [1.165, 1.54) is 0 Å². The molecule has 1 fully saturated rings. The fraction of sp³-hybridized carbons (Fsp3) is 0.929. The Labute approximate surface area is 116 Å². The summed E-state index contributed by atoms with van der Waals surface area (Å²) in [5.74, 6) is -0.0756. The monoisotopic (exact) mass is 272 g/mol. The third kappa shape index (κ3) is 5.09. The van der Waals surface area contributed by atoms with Crippen molar-refractivity contribution in [1.29, 1.82) is 0 Å². The Morgan fingerprint density at radius 3 is 2.47 bits per heavy atom. The predicted molar refractivity (Wildman–Crippen MR) is 74.5 cm³/mol. The molecule has 0 radical (unpaired) electrons. The van der Waals surface area contributed by atoms with E-state index in [2.05, 4.69) is 12.2 Å². The maximum absolute atomic E-state index is 11.9. The first-order valence-electron chi connectivity index (χ1n) is 7.19. The normalized spacial score (nSPS) is 22.8. The third-order valence-electron chi connectivity index (χ3n) is 3.80. The molecule has 19 heavy (non-hydrogen) atoms. The largest absolute Gasteiger partial charge is 0.354 e. The summed E-state index contributed by atoms with van der Waals surface area (Å²) in [5, 5.41) is 2.91. The second kappa shape index (κ2) is 7.22. The van der Waals surface area contributed by atoms with Crippen molar-refractivity contribution in [3.05, 3.63) is 0 Å². The van der Waals surface area contributed by atoms with Crippen LogP contribution in [0.4, 0.5) is 0 Å². The molecule has 0 saturated carbocycles. The van der Waals surface area contributed by atoms with Gasteiger partial charge in [-0.2, -0.15) is 0 Å². The van der Waals surface area contributed by atoms with Gasteiger partial charge in [-0.05, 0) is 18.8 Å². The molecule has 5 heteroatoms. The first-order valence-corrected chi connectivity index (χ1v) is 7.19. The summed E-state index contributed by atoms with van der Waals surface area (Å²) in [6.45, 7) is 9.95. The van der Waals surface area contributed by atoms with E-state index in [1.54, 1.807) is 0 Å². The number of nitrogens with two attached hydrogens (primary N) is 1. The molecule has 1 aliphatic rings. The molecule has 0 aromatic carbocycles. The molecule has 1 heterocycles. The van der Waals surface area contributed by atoms with Gasteiger partial charge in [-0.1, -0.05) is 27.2 Å². The molecule has 0 bridgehead atoms.